The lowest BCUT2D eigenvalue weighted by Gasteiger charge is -2.03. The molecule has 0 radical (unpaired) electrons. The standard InChI is InChI=1S/C13H16N4O6/c1-23-6-2-5-14-12(19)13(20)16-15-8-9-7-10(17(21)22)3-4-11(9)18/h3-4,7-8,18H,2,5-6H2,1H3,(H,14,19)(H,16,20)/b15-8-. The van der Waals surface area contributed by atoms with Crippen LogP contribution in [0.1, 0.15) is 12.0 Å². The Kier molecular flexibility index (Phi) is 7.14. The zero-order valence-corrected chi connectivity index (χ0v) is 12.3. The first-order chi connectivity index (χ1) is 11.0. The van der Waals surface area contributed by atoms with Crippen LogP contribution >= 0.6 is 0 Å². The van der Waals surface area contributed by atoms with Crippen LogP contribution in [0.3, 0.4) is 0 Å². The number of nitrogens with one attached hydrogen (secondary N) is 2. The second-order valence-corrected chi connectivity index (χ2v) is 4.30. The lowest BCUT2D eigenvalue weighted by atomic mass is 10.2. The van der Waals surface area contributed by atoms with E-state index >= 15 is 0 Å². The second kappa shape index (κ2) is 9.10. The number of hydrogen-bond donors (Lipinski definition) is 3. The molecule has 1 rings (SSSR count). The number of rotatable bonds is 7. The molecule has 0 saturated heterocycles. The van der Waals surface area contributed by atoms with Gasteiger partial charge < -0.3 is 15.2 Å². The molecular formula is C13H16N4O6. The predicted octanol–water partition coefficient (Wildman–Crippen LogP) is -0.0968. The van der Waals surface area contributed by atoms with Gasteiger partial charge in [-0.05, 0) is 12.5 Å². The minimum atomic E-state index is -0.997. The van der Waals surface area contributed by atoms with Crippen molar-refractivity contribution in [3.05, 3.63) is 33.9 Å². The number of amides is 2. The number of phenols is 1. The summed E-state index contributed by atoms with van der Waals surface area (Å²) in [6, 6.07) is 3.33. The fourth-order valence-electron chi connectivity index (χ4n) is 1.47. The third kappa shape index (κ3) is 6.09. The maximum absolute atomic E-state index is 11.4. The van der Waals surface area contributed by atoms with Crippen molar-refractivity contribution in [2.75, 3.05) is 20.3 Å². The van der Waals surface area contributed by atoms with Gasteiger partial charge in [0, 0.05) is 38.0 Å². The van der Waals surface area contributed by atoms with Crippen molar-refractivity contribution in [1.82, 2.24) is 10.7 Å². The molecule has 1 aromatic carbocycles. The van der Waals surface area contributed by atoms with E-state index in [-0.39, 0.29) is 23.5 Å². The smallest absolute Gasteiger partial charge is 0.329 e. The SMILES string of the molecule is COCCCNC(=O)C(=O)N/N=C\c1cc([N+](=O)[O-])ccc1O. The fourth-order valence-corrected chi connectivity index (χ4v) is 1.47. The number of ether oxygens (including phenoxy) is 1. The van der Waals surface area contributed by atoms with Crippen molar-refractivity contribution in [2.45, 2.75) is 6.42 Å². The number of benzene rings is 1. The quantitative estimate of drug-likeness (QED) is 0.210. The highest BCUT2D eigenvalue weighted by Crippen LogP contribution is 2.21. The molecule has 2 amide bonds. The highest BCUT2D eigenvalue weighted by atomic mass is 16.6. The van der Waals surface area contributed by atoms with Crippen molar-refractivity contribution < 1.29 is 24.4 Å². The number of aromatic hydroxyl groups is 1. The normalized spacial score (nSPS) is 10.5. The van der Waals surface area contributed by atoms with Gasteiger partial charge in [0.1, 0.15) is 5.75 Å². The summed E-state index contributed by atoms with van der Waals surface area (Å²) in [5.74, 6) is -2.12. The van der Waals surface area contributed by atoms with Gasteiger partial charge in [0.25, 0.3) is 5.69 Å². The number of nitrogens with zero attached hydrogens (tertiary/aromatic N) is 2. The summed E-state index contributed by atoms with van der Waals surface area (Å²) in [4.78, 5) is 32.8. The summed E-state index contributed by atoms with van der Waals surface area (Å²) in [7, 11) is 1.52. The van der Waals surface area contributed by atoms with Crippen LogP contribution in [0.4, 0.5) is 5.69 Å². The van der Waals surface area contributed by atoms with Crippen LogP contribution in [0.5, 0.6) is 5.75 Å². The number of phenolic OH excluding ortho intramolecular Hbond substituents is 1. The molecule has 3 N–H and O–H groups in total. The van der Waals surface area contributed by atoms with E-state index in [1.54, 1.807) is 0 Å². The summed E-state index contributed by atoms with van der Waals surface area (Å²) >= 11 is 0. The van der Waals surface area contributed by atoms with Gasteiger partial charge >= 0.3 is 11.8 Å². The number of non-ortho nitro benzene ring substituents is 1. The van der Waals surface area contributed by atoms with Crippen LogP contribution in [0.2, 0.25) is 0 Å². The third-order valence-electron chi connectivity index (χ3n) is 2.61. The van der Waals surface area contributed by atoms with Gasteiger partial charge in [-0.3, -0.25) is 19.7 Å². The molecule has 0 fully saturated rings. The van der Waals surface area contributed by atoms with E-state index in [1.807, 2.05) is 5.43 Å². The van der Waals surface area contributed by atoms with Crippen LogP contribution in [-0.4, -0.2) is 48.3 Å². The zero-order chi connectivity index (χ0) is 17.2. The Hall–Kier alpha value is -3.01. The Labute approximate surface area is 131 Å². The Morgan fingerprint density at radius 2 is 2.17 bits per heavy atom. The number of nitro groups is 1. The van der Waals surface area contributed by atoms with Crippen LogP contribution in [0.25, 0.3) is 0 Å². The molecule has 0 bridgehead atoms. The first kappa shape index (κ1) is 18.0. The average Bonchev–Trinajstić information content (AvgIpc) is 2.52. The largest absolute Gasteiger partial charge is 0.507 e. The molecule has 0 spiro atoms. The number of methoxy groups -OCH3 is 1. The first-order valence-corrected chi connectivity index (χ1v) is 6.53. The van der Waals surface area contributed by atoms with Gasteiger partial charge in [-0.25, -0.2) is 5.43 Å². The molecule has 0 heterocycles. The summed E-state index contributed by atoms with van der Waals surface area (Å²) in [5, 5.41) is 26.0. The van der Waals surface area contributed by atoms with Gasteiger partial charge in [0.2, 0.25) is 0 Å². The van der Waals surface area contributed by atoms with Crippen LogP contribution < -0.4 is 10.7 Å². The first-order valence-electron chi connectivity index (χ1n) is 6.53. The van der Waals surface area contributed by atoms with Crippen molar-refractivity contribution in [1.29, 1.82) is 0 Å². The van der Waals surface area contributed by atoms with E-state index in [2.05, 4.69) is 10.4 Å². The highest BCUT2D eigenvalue weighted by Gasteiger charge is 2.12. The van der Waals surface area contributed by atoms with E-state index in [1.165, 1.54) is 7.11 Å². The maximum atomic E-state index is 11.4. The molecule has 0 aliphatic carbocycles. The van der Waals surface area contributed by atoms with E-state index in [0.29, 0.717) is 13.0 Å². The lowest BCUT2D eigenvalue weighted by molar-refractivity contribution is -0.384. The number of hydrogen-bond acceptors (Lipinski definition) is 7. The Bertz CT molecular complexity index is 616. The fraction of sp³-hybridized carbons (Fsp3) is 0.308. The average molecular weight is 324 g/mol. The van der Waals surface area contributed by atoms with Crippen molar-refractivity contribution >= 4 is 23.7 Å². The Balaban J connectivity index is 2.55. The monoisotopic (exact) mass is 324 g/mol. The molecule has 10 heteroatoms. The summed E-state index contributed by atoms with van der Waals surface area (Å²) < 4.78 is 4.79. The van der Waals surface area contributed by atoms with Crippen molar-refractivity contribution in [2.24, 2.45) is 5.10 Å². The van der Waals surface area contributed by atoms with E-state index < -0.39 is 16.7 Å². The number of carbonyl (C=O) groups excluding carboxylic acids is 2. The van der Waals surface area contributed by atoms with Gasteiger partial charge in [-0.2, -0.15) is 5.10 Å². The number of carbonyl (C=O) groups is 2. The molecule has 1 aromatic rings. The molecule has 0 aliphatic heterocycles. The molecule has 0 aromatic heterocycles. The minimum absolute atomic E-state index is 0.0278. The molecule has 124 valence electrons. The predicted molar refractivity (Wildman–Crippen MR) is 80.0 cm³/mol. The van der Waals surface area contributed by atoms with Crippen LogP contribution in [0.15, 0.2) is 23.3 Å². The molecule has 0 unspecified atom stereocenters. The van der Waals surface area contributed by atoms with Crippen LogP contribution in [0, 0.1) is 10.1 Å². The Morgan fingerprint density at radius 3 is 2.83 bits per heavy atom. The lowest BCUT2D eigenvalue weighted by Crippen LogP contribution is -2.38. The van der Waals surface area contributed by atoms with E-state index in [4.69, 9.17) is 4.74 Å². The minimum Gasteiger partial charge on any atom is -0.507 e. The third-order valence-corrected chi connectivity index (χ3v) is 2.61. The maximum Gasteiger partial charge on any atom is 0.329 e. The Morgan fingerprint density at radius 1 is 1.43 bits per heavy atom. The second-order valence-electron chi connectivity index (χ2n) is 4.30. The summed E-state index contributed by atoms with van der Waals surface area (Å²) in [6.07, 6.45) is 1.55. The molecule has 0 atom stereocenters. The highest BCUT2D eigenvalue weighted by molar-refractivity contribution is 6.35. The summed E-state index contributed by atoms with van der Waals surface area (Å²) in [6.45, 7) is 0.724. The zero-order valence-electron chi connectivity index (χ0n) is 12.3. The van der Waals surface area contributed by atoms with Gasteiger partial charge in [-0.15, -0.1) is 0 Å². The van der Waals surface area contributed by atoms with Gasteiger partial charge in [0.15, 0.2) is 0 Å². The van der Waals surface area contributed by atoms with Crippen molar-refractivity contribution in [3.63, 3.8) is 0 Å². The van der Waals surface area contributed by atoms with E-state index in [9.17, 15) is 24.8 Å². The van der Waals surface area contributed by atoms with E-state index in [0.717, 1.165) is 24.4 Å². The molecule has 0 saturated carbocycles. The molecular weight excluding hydrogens is 308 g/mol. The molecule has 23 heavy (non-hydrogen) atoms. The van der Waals surface area contributed by atoms with Gasteiger partial charge in [-0.1, -0.05) is 0 Å². The topological polar surface area (TPSA) is 143 Å². The number of hydrazone groups is 1. The number of nitro benzene ring substituents is 1. The molecule has 0 aliphatic rings. The van der Waals surface area contributed by atoms with Crippen molar-refractivity contribution in [3.8, 4) is 5.75 Å². The molecule has 10 nitrogen and oxygen atoms in total. The van der Waals surface area contributed by atoms with Crippen LogP contribution in [-0.2, 0) is 14.3 Å². The summed E-state index contributed by atoms with van der Waals surface area (Å²) in [5.41, 5.74) is 1.74. The van der Waals surface area contributed by atoms with Gasteiger partial charge in [0.05, 0.1) is 11.1 Å².